The van der Waals surface area contributed by atoms with Crippen molar-refractivity contribution in [3.8, 4) is 0 Å². The standard InChI is InChI=1S/C14H18O3/c1-3-17-13(16)9-11-5-4-10-8-12(15)6-7-14(10,11)2/h8-9H,3-7H2,1-2H3/b11-9+/t14-/m1/s1. The van der Waals surface area contributed by atoms with E-state index in [4.69, 9.17) is 4.74 Å². The first-order valence-corrected chi connectivity index (χ1v) is 6.18. The third kappa shape index (κ3) is 2.19. The van der Waals surface area contributed by atoms with Gasteiger partial charge in [0.15, 0.2) is 5.78 Å². The van der Waals surface area contributed by atoms with Crippen molar-refractivity contribution in [2.45, 2.75) is 39.5 Å². The highest BCUT2D eigenvalue weighted by atomic mass is 16.5. The fourth-order valence-corrected chi connectivity index (χ4v) is 2.78. The lowest BCUT2D eigenvalue weighted by Gasteiger charge is -2.30. The third-order valence-corrected chi connectivity index (χ3v) is 3.87. The van der Waals surface area contributed by atoms with Gasteiger partial charge in [0, 0.05) is 17.9 Å². The second-order valence-corrected chi connectivity index (χ2v) is 4.89. The van der Waals surface area contributed by atoms with Crippen LogP contribution in [-0.4, -0.2) is 18.4 Å². The van der Waals surface area contributed by atoms with Gasteiger partial charge in [-0.2, -0.15) is 0 Å². The number of ether oxygens (including phenoxy) is 1. The van der Waals surface area contributed by atoms with Crippen LogP contribution in [0.1, 0.15) is 39.5 Å². The summed E-state index contributed by atoms with van der Waals surface area (Å²) in [5.41, 5.74) is 2.22. The molecule has 3 nitrogen and oxygen atoms in total. The normalized spacial score (nSPS) is 30.1. The average Bonchev–Trinajstić information content (AvgIpc) is 2.57. The van der Waals surface area contributed by atoms with E-state index in [9.17, 15) is 9.59 Å². The summed E-state index contributed by atoms with van der Waals surface area (Å²) in [6.45, 7) is 4.33. The van der Waals surface area contributed by atoms with Crippen LogP contribution in [0.4, 0.5) is 0 Å². The number of carbonyl (C=O) groups is 2. The molecule has 2 aliphatic carbocycles. The lowest BCUT2D eigenvalue weighted by atomic mass is 9.73. The molecule has 2 rings (SSSR count). The fourth-order valence-electron chi connectivity index (χ4n) is 2.78. The van der Waals surface area contributed by atoms with Crippen LogP contribution in [0.2, 0.25) is 0 Å². The summed E-state index contributed by atoms with van der Waals surface area (Å²) in [6, 6.07) is 0. The van der Waals surface area contributed by atoms with E-state index in [1.54, 1.807) is 19.1 Å². The molecule has 0 aromatic carbocycles. The lowest BCUT2D eigenvalue weighted by Crippen LogP contribution is -2.23. The van der Waals surface area contributed by atoms with Gasteiger partial charge in [0.25, 0.3) is 0 Å². The van der Waals surface area contributed by atoms with E-state index in [1.807, 2.05) is 0 Å². The van der Waals surface area contributed by atoms with Gasteiger partial charge in [-0.05, 0) is 32.3 Å². The van der Waals surface area contributed by atoms with Crippen LogP contribution >= 0.6 is 0 Å². The summed E-state index contributed by atoms with van der Waals surface area (Å²) in [5, 5.41) is 0. The second kappa shape index (κ2) is 4.47. The maximum Gasteiger partial charge on any atom is 0.330 e. The molecule has 1 saturated carbocycles. The largest absolute Gasteiger partial charge is 0.463 e. The van der Waals surface area contributed by atoms with Gasteiger partial charge in [-0.25, -0.2) is 4.79 Å². The van der Waals surface area contributed by atoms with Gasteiger partial charge in [0.2, 0.25) is 0 Å². The number of rotatable bonds is 2. The molecule has 0 radical (unpaired) electrons. The zero-order chi connectivity index (χ0) is 12.5. The molecule has 0 aliphatic heterocycles. The highest BCUT2D eigenvalue weighted by Crippen LogP contribution is 2.51. The van der Waals surface area contributed by atoms with Crippen molar-refractivity contribution < 1.29 is 14.3 Å². The fraction of sp³-hybridized carbons (Fsp3) is 0.571. The molecular formula is C14H18O3. The Morgan fingerprint density at radius 2 is 2.24 bits per heavy atom. The van der Waals surface area contributed by atoms with E-state index in [0.29, 0.717) is 13.0 Å². The van der Waals surface area contributed by atoms with Crippen molar-refractivity contribution in [1.29, 1.82) is 0 Å². The Labute approximate surface area is 102 Å². The Hall–Kier alpha value is -1.38. The summed E-state index contributed by atoms with van der Waals surface area (Å²) in [4.78, 5) is 22.9. The van der Waals surface area contributed by atoms with Gasteiger partial charge >= 0.3 is 5.97 Å². The topological polar surface area (TPSA) is 43.4 Å². The number of carbonyl (C=O) groups excluding carboxylic acids is 2. The van der Waals surface area contributed by atoms with Crippen molar-refractivity contribution in [3.63, 3.8) is 0 Å². The SMILES string of the molecule is CCOC(=O)/C=C1\CCC2=CC(=O)CC[C@]21C. The van der Waals surface area contributed by atoms with E-state index < -0.39 is 0 Å². The molecule has 2 aliphatic rings. The lowest BCUT2D eigenvalue weighted by molar-refractivity contribution is -0.137. The maximum atomic E-state index is 11.5. The van der Waals surface area contributed by atoms with Crippen LogP contribution in [0.3, 0.4) is 0 Å². The predicted molar refractivity (Wildman–Crippen MR) is 64.4 cm³/mol. The van der Waals surface area contributed by atoms with Crippen LogP contribution in [0.5, 0.6) is 0 Å². The van der Waals surface area contributed by atoms with Crippen molar-refractivity contribution in [2.24, 2.45) is 5.41 Å². The number of esters is 1. The van der Waals surface area contributed by atoms with E-state index in [0.717, 1.165) is 24.8 Å². The van der Waals surface area contributed by atoms with Gasteiger partial charge in [-0.3, -0.25) is 4.79 Å². The molecule has 92 valence electrons. The molecule has 0 spiro atoms. The number of hydrogen-bond acceptors (Lipinski definition) is 3. The number of ketones is 1. The van der Waals surface area contributed by atoms with E-state index >= 15 is 0 Å². The monoisotopic (exact) mass is 234 g/mol. The second-order valence-electron chi connectivity index (χ2n) is 4.89. The minimum absolute atomic E-state index is 0.0827. The van der Waals surface area contributed by atoms with Crippen LogP contribution in [-0.2, 0) is 14.3 Å². The van der Waals surface area contributed by atoms with Gasteiger partial charge in [-0.1, -0.05) is 18.1 Å². The Bertz CT molecular complexity index is 417. The molecule has 3 heteroatoms. The smallest absolute Gasteiger partial charge is 0.330 e. The summed E-state index contributed by atoms with van der Waals surface area (Å²) in [7, 11) is 0. The van der Waals surface area contributed by atoms with Gasteiger partial charge in [0.05, 0.1) is 6.61 Å². The van der Waals surface area contributed by atoms with E-state index in [2.05, 4.69) is 6.92 Å². The van der Waals surface area contributed by atoms with Gasteiger partial charge < -0.3 is 4.74 Å². The summed E-state index contributed by atoms with van der Waals surface area (Å²) >= 11 is 0. The minimum Gasteiger partial charge on any atom is -0.463 e. The molecule has 0 N–H and O–H groups in total. The molecule has 1 fully saturated rings. The molecule has 1 atom stereocenters. The highest BCUT2D eigenvalue weighted by molar-refractivity contribution is 5.92. The summed E-state index contributed by atoms with van der Waals surface area (Å²) in [5.74, 6) is -0.0447. The van der Waals surface area contributed by atoms with Crippen LogP contribution in [0, 0.1) is 5.41 Å². The molecule has 17 heavy (non-hydrogen) atoms. The van der Waals surface area contributed by atoms with Crippen LogP contribution < -0.4 is 0 Å². The van der Waals surface area contributed by atoms with Gasteiger partial charge in [-0.15, -0.1) is 0 Å². The molecule has 0 bridgehead atoms. The maximum absolute atomic E-state index is 11.5. The predicted octanol–water partition coefficient (Wildman–Crippen LogP) is 2.57. The summed E-state index contributed by atoms with van der Waals surface area (Å²) in [6.07, 6.45) is 6.57. The number of fused-ring (bicyclic) bond motifs is 1. The molecular weight excluding hydrogens is 216 g/mol. The quantitative estimate of drug-likeness (QED) is 0.545. The van der Waals surface area contributed by atoms with E-state index in [-0.39, 0.29) is 17.2 Å². The minimum atomic E-state index is -0.262. The first kappa shape index (κ1) is 12.1. The van der Waals surface area contributed by atoms with Crippen molar-refractivity contribution >= 4 is 11.8 Å². The van der Waals surface area contributed by atoms with Crippen molar-refractivity contribution in [1.82, 2.24) is 0 Å². The Morgan fingerprint density at radius 3 is 2.94 bits per heavy atom. The van der Waals surface area contributed by atoms with E-state index in [1.165, 1.54) is 5.57 Å². The molecule has 0 aromatic heterocycles. The zero-order valence-corrected chi connectivity index (χ0v) is 10.4. The average molecular weight is 234 g/mol. The molecule has 0 amide bonds. The van der Waals surface area contributed by atoms with Crippen molar-refractivity contribution in [2.75, 3.05) is 6.61 Å². The number of hydrogen-bond donors (Lipinski definition) is 0. The first-order valence-electron chi connectivity index (χ1n) is 6.18. The third-order valence-electron chi connectivity index (χ3n) is 3.87. The highest BCUT2D eigenvalue weighted by Gasteiger charge is 2.41. The first-order chi connectivity index (χ1) is 8.06. The summed E-state index contributed by atoms with van der Waals surface area (Å²) < 4.78 is 4.95. The van der Waals surface area contributed by atoms with Crippen LogP contribution in [0.25, 0.3) is 0 Å². The Kier molecular flexibility index (Phi) is 3.18. The van der Waals surface area contributed by atoms with Crippen LogP contribution in [0.15, 0.2) is 23.3 Å². The van der Waals surface area contributed by atoms with Crippen molar-refractivity contribution in [3.05, 3.63) is 23.3 Å². The van der Waals surface area contributed by atoms with Gasteiger partial charge in [0.1, 0.15) is 0 Å². The number of allylic oxidation sites excluding steroid dienone is 3. The molecule has 0 heterocycles. The molecule has 0 saturated heterocycles. The molecule has 0 aromatic rings. The Morgan fingerprint density at radius 1 is 1.47 bits per heavy atom. The Balaban J connectivity index is 2.25. The molecule has 0 unspecified atom stereocenters. The zero-order valence-electron chi connectivity index (χ0n) is 10.4.